The number of benzene rings is 1. The van der Waals surface area contributed by atoms with Crippen molar-refractivity contribution in [2.45, 2.75) is 18.2 Å². The average Bonchev–Trinajstić information content (AvgIpc) is 2.85. The van der Waals surface area contributed by atoms with Gasteiger partial charge in [-0.2, -0.15) is 5.10 Å². The lowest BCUT2D eigenvalue weighted by molar-refractivity contribution is 0.0697. The van der Waals surface area contributed by atoms with Gasteiger partial charge in [0.2, 0.25) is 0 Å². The highest BCUT2D eigenvalue weighted by molar-refractivity contribution is 7.92. The van der Waals surface area contributed by atoms with E-state index in [2.05, 4.69) is 14.9 Å². The molecule has 7 nitrogen and oxygen atoms in total. The summed E-state index contributed by atoms with van der Waals surface area (Å²) in [6, 6.07) is 3.47. The molecule has 0 bridgehead atoms. The Hall–Kier alpha value is -2.06. The molecule has 9 heteroatoms. The van der Waals surface area contributed by atoms with Crippen molar-refractivity contribution in [3.8, 4) is 0 Å². The summed E-state index contributed by atoms with van der Waals surface area (Å²) in [5, 5.41) is 15.3. The summed E-state index contributed by atoms with van der Waals surface area (Å²) in [6.07, 6.45) is 2.11. The maximum Gasteiger partial charge on any atom is 0.337 e. The van der Waals surface area contributed by atoms with Crippen molar-refractivity contribution in [1.29, 1.82) is 0 Å². The van der Waals surface area contributed by atoms with Crippen LogP contribution in [0, 0.1) is 0 Å². The molecule has 0 spiro atoms. The molecule has 0 aliphatic carbocycles. The minimum absolute atomic E-state index is 0.0303. The highest BCUT2D eigenvalue weighted by atomic mass is 35.5. The molecule has 1 aromatic heterocycles. The van der Waals surface area contributed by atoms with Crippen LogP contribution < -0.4 is 4.72 Å². The Bertz CT molecular complexity index is 786. The molecule has 0 aliphatic heterocycles. The molecule has 0 atom stereocenters. The second-order valence-electron chi connectivity index (χ2n) is 4.18. The highest BCUT2D eigenvalue weighted by Crippen LogP contribution is 2.23. The zero-order valence-corrected chi connectivity index (χ0v) is 12.5. The van der Waals surface area contributed by atoms with E-state index in [1.54, 1.807) is 0 Å². The van der Waals surface area contributed by atoms with Crippen LogP contribution in [0.15, 0.2) is 29.3 Å². The first-order valence-corrected chi connectivity index (χ1v) is 7.79. The van der Waals surface area contributed by atoms with Crippen molar-refractivity contribution < 1.29 is 18.3 Å². The Balaban J connectivity index is 2.40. The Morgan fingerprint density at radius 1 is 1.48 bits per heavy atom. The van der Waals surface area contributed by atoms with E-state index in [1.807, 2.05) is 6.92 Å². The Morgan fingerprint density at radius 3 is 2.81 bits per heavy atom. The molecule has 0 amide bonds. The number of sulfonamides is 1. The van der Waals surface area contributed by atoms with Gasteiger partial charge in [-0.25, -0.2) is 13.2 Å². The molecule has 3 N–H and O–H groups in total. The standard InChI is InChI=1S/C12H12ClN3O4S/c1-2-7-6-14-15-11(7)16-21(19,20)8-3-4-10(13)9(5-8)12(17)18/h3-6H,2H2,1H3,(H,17,18)(H2,14,15,16). The number of nitrogens with one attached hydrogen (secondary N) is 2. The molecule has 2 rings (SSSR count). The number of rotatable bonds is 5. The third kappa shape index (κ3) is 3.17. The molecule has 1 aromatic carbocycles. The fraction of sp³-hybridized carbons (Fsp3) is 0.167. The fourth-order valence-electron chi connectivity index (χ4n) is 1.70. The first-order valence-electron chi connectivity index (χ1n) is 5.93. The number of carbonyl (C=O) groups is 1. The number of hydrogen-bond donors (Lipinski definition) is 3. The number of aromatic amines is 1. The number of aromatic nitrogens is 2. The van der Waals surface area contributed by atoms with Gasteiger partial charge in [0.25, 0.3) is 10.0 Å². The molecule has 0 aliphatic rings. The van der Waals surface area contributed by atoms with E-state index in [1.165, 1.54) is 18.3 Å². The van der Waals surface area contributed by atoms with Gasteiger partial charge >= 0.3 is 5.97 Å². The zero-order chi connectivity index (χ0) is 15.6. The minimum Gasteiger partial charge on any atom is -0.478 e. The van der Waals surface area contributed by atoms with Gasteiger partial charge in [-0.3, -0.25) is 9.82 Å². The van der Waals surface area contributed by atoms with Crippen LogP contribution in [-0.4, -0.2) is 29.7 Å². The van der Waals surface area contributed by atoms with Crippen molar-refractivity contribution in [2.24, 2.45) is 0 Å². The summed E-state index contributed by atoms with van der Waals surface area (Å²) in [4.78, 5) is 10.8. The number of H-pyrrole nitrogens is 1. The number of aromatic carboxylic acids is 1. The molecular formula is C12H12ClN3O4S. The average molecular weight is 330 g/mol. The maximum atomic E-state index is 12.3. The fourth-order valence-corrected chi connectivity index (χ4v) is 2.98. The smallest absolute Gasteiger partial charge is 0.337 e. The molecule has 0 saturated carbocycles. The lowest BCUT2D eigenvalue weighted by atomic mass is 10.2. The minimum atomic E-state index is -3.93. The summed E-state index contributed by atoms with van der Waals surface area (Å²) in [6.45, 7) is 1.85. The van der Waals surface area contributed by atoms with Gasteiger partial charge in [-0.1, -0.05) is 18.5 Å². The summed E-state index contributed by atoms with van der Waals surface area (Å²) in [5.74, 6) is -1.04. The van der Waals surface area contributed by atoms with E-state index in [4.69, 9.17) is 16.7 Å². The molecule has 0 fully saturated rings. The molecule has 21 heavy (non-hydrogen) atoms. The molecular weight excluding hydrogens is 318 g/mol. The van der Waals surface area contributed by atoms with Gasteiger partial charge < -0.3 is 5.11 Å². The van der Waals surface area contributed by atoms with Gasteiger partial charge in [-0.15, -0.1) is 0 Å². The second-order valence-corrected chi connectivity index (χ2v) is 6.27. The number of nitrogens with zero attached hydrogens (tertiary/aromatic N) is 1. The lowest BCUT2D eigenvalue weighted by Crippen LogP contribution is -2.15. The third-order valence-electron chi connectivity index (χ3n) is 2.81. The van der Waals surface area contributed by atoms with Crippen molar-refractivity contribution in [3.63, 3.8) is 0 Å². The van der Waals surface area contributed by atoms with Crippen LogP contribution >= 0.6 is 11.6 Å². The summed E-state index contributed by atoms with van der Waals surface area (Å²) < 4.78 is 26.9. The Labute approximate surface area is 126 Å². The van der Waals surface area contributed by atoms with Crippen LogP contribution in [0.4, 0.5) is 5.82 Å². The lowest BCUT2D eigenvalue weighted by Gasteiger charge is -2.09. The number of carboxylic acids is 1. The molecule has 1 heterocycles. The summed E-state index contributed by atoms with van der Waals surface area (Å²) >= 11 is 5.72. The van der Waals surface area contributed by atoms with Crippen LogP contribution in [0.5, 0.6) is 0 Å². The SMILES string of the molecule is CCc1cn[nH]c1NS(=O)(=O)c1ccc(Cl)c(C(=O)O)c1. The summed E-state index contributed by atoms with van der Waals surface area (Å²) in [7, 11) is -3.93. The van der Waals surface area contributed by atoms with Gasteiger partial charge in [0.1, 0.15) is 5.82 Å². The third-order valence-corrected chi connectivity index (χ3v) is 4.49. The molecule has 0 unspecified atom stereocenters. The number of aryl methyl sites for hydroxylation is 1. The van der Waals surface area contributed by atoms with E-state index in [9.17, 15) is 13.2 Å². The summed E-state index contributed by atoms with van der Waals surface area (Å²) in [5.41, 5.74) is 0.422. The Morgan fingerprint density at radius 2 is 2.19 bits per heavy atom. The number of anilines is 1. The van der Waals surface area contributed by atoms with E-state index < -0.39 is 16.0 Å². The van der Waals surface area contributed by atoms with Crippen LogP contribution in [0.25, 0.3) is 0 Å². The highest BCUT2D eigenvalue weighted by Gasteiger charge is 2.20. The van der Waals surface area contributed by atoms with Crippen molar-refractivity contribution in [1.82, 2.24) is 10.2 Å². The predicted molar refractivity (Wildman–Crippen MR) is 77.2 cm³/mol. The molecule has 2 aromatic rings. The monoisotopic (exact) mass is 329 g/mol. The Kier molecular flexibility index (Phi) is 4.19. The van der Waals surface area contributed by atoms with Crippen molar-refractivity contribution in [2.75, 3.05) is 4.72 Å². The molecule has 112 valence electrons. The zero-order valence-electron chi connectivity index (χ0n) is 10.9. The van der Waals surface area contributed by atoms with Gasteiger partial charge in [0, 0.05) is 5.56 Å². The molecule has 0 saturated heterocycles. The number of halogens is 1. The van der Waals surface area contributed by atoms with Crippen LogP contribution in [0.1, 0.15) is 22.8 Å². The van der Waals surface area contributed by atoms with Crippen LogP contribution in [0.2, 0.25) is 5.02 Å². The van der Waals surface area contributed by atoms with Gasteiger partial charge in [0.15, 0.2) is 0 Å². The maximum absolute atomic E-state index is 12.3. The van der Waals surface area contributed by atoms with Gasteiger partial charge in [0.05, 0.1) is 21.7 Å². The van der Waals surface area contributed by atoms with E-state index >= 15 is 0 Å². The van der Waals surface area contributed by atoms with E-state index in [-0.39, 0.29) is 21.3 Å². The first-order chi connectivity index (χ1) is 9.85. The number of hydrogen-bond acceptors (Lipinski definition) is 4. The first kappa shape index (κ1) is 15.3. The number of carboxylic acid groups (broad SMARTS) is 1. The quantitative estimate of drug-likeness (QED) is 0.777. The van der Waals surface area contributed by atoms with Gasteiger partial charge in [-0.05, 0) is 24.6 Å². The second kappa shape index (κ2) is 5.74. The largest absolute Gasteiger partial charge is 0.478 e. The van der Waals surface area contributed by atoms with E-state index in [0.29, 0.717) is 12.0 Å². The molecule has 0 radical (unpaired) electrons. The normalized spacial score (nSPS) is 11.3. The predicted octanol–water partition coefficient (Wildman–Crippen LogP) is 2.12. The van der Waals surface area contributed by atoms with Crippen molar-refractivity contribution in [3.05, 3.63) is 40.5 Å². The van der Waals surface area contributed by atoms with Crippen LogP contribution in [0.3, 0.4) is 0 Å². The van der Waals surface area contributed by atoms with Crippen molar-refractivity contribution >= 4 is 33.4 Å². The van der Waals surface area contributed by atoms with E-state index in [0.717, 1.165) is 6.07 Å². The topological polar surface area (TPSA) is 112 Å². The van der Waals surface area contributed by atoms with Crippen LogP contribution in [-0.2, 0) is 16.4 Å².